The molecular formula is C23H14N2O3. The Balaban J connectivity index is 2.02. The molecule has 0 radical (unpaired) electrons. The zero-order valence-corrected chi connectivity index (χ0v) is 15.0. The molecule has 0 saturated heterocycles. The van der Waals surface area contributed by atoms with E-state index in [-0.39, 0.29) is 17.3 Å². The average molecular weight is 366 g/mol. The molecular weight excluding hydrogens is 352 g/mol. The lowest BCUT2D eigenvalue weighted by Crippen LogP contribution is -2.38. The summed E-state index contributed by atoms with van der Waals surface area (Å²) in [4.78, 5) is 44.4. The molecule has 5 rings (SSSR count). The van der Waals surface area contributed by atoms with Gasteiger partial charge in [-0.15, -0.1) is 0 Å². The van der Waals surface area contributed by atoms with Crippen LogP contribution in [0.15, 0.2) is 67.0 Å². The van der Waals surface area contributed by atoms with E-state index in [0.717, 1.165) is 15.7 Å². The number of imide groups is 1. The molecule has 0 saturated carbocycles. The third-order valence-corrected chi connectivity index (χ3v) is 5.26. The number of ketones is 1. The van der Waals surface area contributed by atoms with Crippen LogP contribution in [0, 0.1) is 0 Å². The Hall–Kier alpha value is -3.86. The zero-order chi connectivity index (χ0) is 19.4. The number of hydrogen-bond acceptors (Lipinski definition) is 4. The lowest BCUT2D eigenvalue weighted by atomic mass is 9.84. The van der Waals surface area contributed by atoms with Crippen molar-refractivity contribution in [1.82, 2.24) is 9.88 Å². The minimum atomic E-state index is -0.466. The first-order valence-electron chi connectivity index (χ1n) is 8.84. The Labute approximate surface area is 160 Å². The maximum Gasteiger partial charge on any atom is 0.261 e. The molecule has 4 aromatic rings. The molecule has 0 bridgehead atoms. The quantitative estimate of drug-likeness (QED) is 0.307. The van der Waals surface area contributed by atoms with Gasteiger partial charge in [-0.05, 0) is 34.4 Å². The third-order valence-electron chi connectivity index (χ3n) is 5.26. The summed E-state index contributed by atoms with van der Waals surface area (Å²) in [6.45, 7) is 0. The van der Waals surface area contributed by atoms with Gasteiger partial charge in [-0.25, -0.2) is 0 Å². The first-order chi connectivity index (χ1) is 13.6. The summed E-state index contributed by atoms with van der Waals surface area (Å²) in [5.74, 6) is -1.11. The number of hydrogen-bond donors (Lipinski definition) is 0. The number of benzene rings is 3. The Morgan fingerprint density at radius 3 is 2.36 bits per heavy atom. The molecule has 0 spiro atoms. The van der Waals surface area contributed by atoms with Crippen molar-refractivity contribution in [2.75, 3.05) is 7.05 Å². The van der Waals surface area contributed by atoms with E-state index in [9.17, 15) is 14.4 Å². The number of rotatable bonds is 2. The third kappa shape index (κ3) is 2.07. The first-order valence-corrected chi connectivity index (χ1v) is 8.84. The first kappa shape index (κ1) is 16.3. The van der Waals surface area contributed by atoms with Crippen molar-refractivity contribution < 1.29 is 14.4 Å². The summed E-state index contributed by atoms with van der Waals surface area (Å²) in [6.07, 6.45) is 3.08. The molecule has 0 fully saturated rings. The molecule has 28 heavy (non-hydrogen) atoms. The summed E-state index contributed by atoms with van der Waals surface area (Å²) in [5, 5.41) is 2.86. The lowest BCUT2D eigenvalue weighted by molar-refractivity contribution is 0.0648. The maximum atomic E-state index is 13.5. The summed E-state index contributed by atoms with van der Waals surface area (Å²) in [7, 11) is 1.44. The van der Waals surface area contributed by atoms with Crippen LogP contribution in [0.5, 0.6) is 0 Å². The maximum absolute atomic E-state index is 13.5. The number of carbonyl (C=O) groups is 3. The molecule has 0 unspecified atom stereocenters. The monoisotopic (exact) mass is 366 g/mol. The molecule has 0 N–H and O–H groups in total. The number of amides is 2. The van der Waals surface area contributed by atoms with E-state index in [1.807, 2.05) is 30.3 Å². The molecule has 1 aliphatic rings. The van der Waals surface area contributed by atoms with E-state index in [0.29, 0.717) is 27.5 Å². The fourth-order valence-electron chi connectivity index (χ4n) is 3.95. The van der Waals surface area contributed by atoms with Crippen molar-refractivity contribution >= 4 is 39.1 Å². The van der Waals surface area contributed by atoms with E-state index in [2.05, 4.69) is 4.98 Å². The van der Waals surface area contributed by atoms with Crippen molar-refractivity contribution in [2.45, 2.75) is 0 Å². The molecule has 134 valence electrons. The fraction of sp³-hybridized carbons (Fsp3) is 0.0435. The lowest BCUT2D eigenvalue weighted by Gasteiger charge is -2.26. The summed E-state index contributed by atoms with van der Waals surface area (Å²) in [5.41, 5.74) is 1.42. The highest BCUT2D eigenvalue weighted by molar-refractivity contribution is 6.35. The van der Waals surface area contributed by atoms with Gasteiger partial charge in [0.15, 0.2) is 5.78 Å². The summed E-state index contributed by atoms with van der Waals surface area (Å²) in [6, 6.07) is 16.2. The molecule has 2 amide bonds. The largest absolute Gasteiger partial charge is 0.289 e. The van der Waals surface area contributed by atoms with Crippen LogP contribution < -0.4 is 0 Å². The van der Waals surface area contributed by atoms with Crippen molar-refractivity contribution in [3.05, 3.63) is 89.2 Å². The summed E-state index contributed by atoms with van der Waals surface area (Å²) >= 11 is 0. The predicted octanol–water partition coefficient (Wildman–Crippen LogP) is 3.84. The number of pyridine rings is 1. The Kier molecular flexibility index (Phi) is 3.39. The minimum absolute atomic E-state index is 0.278. The highest BCUT2D eigenvalue weighted by Gasteiger charge is 2.35. The van der Waals surface area contributed by atoms with Gasteiger partial charge in [-0.2, -0.15) is 0 Å². The van der Waals surface area contributed by atoms with Crippen molar-refractivity contribution in [3.8, 4) is 0 Å². The van der Waals surface area contributed by atoms with Gasteiger partial charge < -0.3 is 0 Å². The van der Waals surface area contributed by atoms with Crippen LogP contribution >= 0.6 is 0 Å². The minimum Gasteiger partial charge on any atom is -0.289 e. The van der Waals surface area contributed by atoms with E-state index in [1.165, 1.54) is 13.2 Å². The van der Waals surface area contributed by atoms with Gasteiger partial charge in [0.25, 0.3) is 11.8 Å². The predicted molar refractivity (Wildman–Crippen MR) is 106 cm³/mol. The highest BCUT2D eigenvalue weighted by Crippen LogP contribution is 2.39. The topological polar surface area (TPSA) is 67.3 Å². The Bertz CT molecular complexity index is 1330. The molecule has 0 aliphatic carbocycles. The second-order valence-corrected chi connectivity index (χ2v) is 6.76. The molecule has 2 heterocycles. The van der Waals surface area contributed by atoms with Gasteiger partial charge in [0.05, 0.1) is 5.56 Å². The molecule has 0 atom stereocenters. The van der Waals surface area contributed by atoms with Crippen LogP contribution in [0.2, 0.25) is 0 Å². The number of aromatic nitrogens is 1. The van der Waals surface area contributed by atoms with Gasteiger partial charge >= 0.3 is 0 Å². The van der Waals surface area contributed by atoms with Crippen molar-refractivity contribution in [2.24, 2.45) is 0 Å². The van der Waals surface area contributed by atoms with Crippen molar-refractivity contribution in [3.63, 3.8) is 0 Å². The number of carbonyl (C=O) groups excluding carboxylic acids is 3. The normalized spacial score (nSPS) is 13.4. The van der Waals surface area contributed by atoms with Gasteiger partial charge in [-0.1, -0.05) is 36.4 Å². The number of fused-ring (bicyclic) bond motifs is 2. The van der Waals surface area contributed by atoms with E-state index in [4.69, 9.17) is 0 Å². The van der Waals surface area contributed by atoms with Gasteiger partial charge in [-0.3, -0.25) is 24.3 Å². The Morgan fingerprint density at radius 2 is 1.61 bits per heavy atom. The SMILES string of the molecule is CN1C(=O)c2cccc3c2c(c(C(=O)c2cccnc2)c2ccccc23)C1=O. The Morgan fingerprint density at radius 1 is 0.857 bits per heavy atom. The van der Waals surface area contributed by atoms with Crippen molar-refractivity contribution in [1.29, 1.82) is 0 Å². The fourth-order valence-corrected chi connectivity index (χ4v) is 3.95. The second-order valence-electron chi connectivity index (χ2n) is 6.76. The van der Waals surface area contributed by atoms with Crippen LogP contribution in [0.25, 0.3) is 21.5 Å². The van der Waals surface area contributed by atoms with Crippen LogP contribution in [0.1, 0.15) is 36.6 Å². The molecule has 1 aliphatic heterocycles. The smallest absolute Gasteiger partial charge is 0.261 e. The standard InChI is InChI=1S/C23H14N2O3/c1-25-22(27)17-10-4-9-15-14-7-2-3-8-16(14)19(20(18(15)17)23(25)28)21(26)13-6-5-11-24-12-13/h2-12H,1H3. The molecule has 1 aromatic heterocycles. The summed E-state index contributed by atoms with van der Waals surface area (Å²) < 4.78 is 0. The van der Waals surface area contributed by atoms with Gasteiger partial charge in [0.2, 0.25) is 0 Å². The average Bonchev–Trinajstić information content (AvgIpc) is 2.75. The van der Waals surface area contributed by atoms with Crippen LogP contribution in [-0.2, 0) is 0 Å². The van der Waals surface area contributed by atoms with Crippen LogP contribution in [-0.4, -0.2) is 34.5 Å². The molecule has 5 heteroatoms. The molecule has 5 nitrogen and oxygen atoms in total. The van der Waals surface area contributed by atoms with E-state index in [1.54, 1.807) is 30.5 Å². The second kappa shape index (κ2) is 5.82. The van der Waals surface area contributed by atoms with Gasteiger partial charge in [0.1, 0.15) is 0 Å². The molecule has 3 aromatic carbocycles. The van der Waals surface area contributed by atoms with E-state index >= 15 is 0 Å². The van der Waals surface area contributed by atoms with Gasteiger partial charge in [0, 0.05) is 41.5 Å². The van der Waals surface area contributed by atoms with E-state index < -0.39 is 5.91 Å². The highest BCUT2D eigenvalue weighted by atomic mass is 16.2. The zero-order valence-electron chi connectivity index (χ0n) is 15.0. The van der Waals surface area contributed by atoms with Crippen LogP contribution in [0.3, 0.4) is 0 Å². The number of nitrogens with zero attached hydrogens (tertiary/aromatic N) is 2. The van der Waals surface area contributed by atoms with Crippen LogP contribution in [0.4, 0.5) is 0 Å².